The van der Waals surface area contributed by atoms with E-state index in [-0.39, 0.29) is 30.5 Å². The minimum absolute atomic E-state index is 0.0568. The molecule has 0 spiro atoms. The molecule has 1 unspecified atom stereocenters. The predicted molar refractivity (Wildman–Crippen MR) is 95.6 cm³/mol. The van der Waals surface area contributed by atoms with Gasteiger partial charge in [-0.25, -0.2) is 0 Å². The normalized spacial score (nSPS) is 18.7. The number of fused-ring (bicyclic) bond motifs is 1. The van der Waals surface area contributed by atoms with Crippen molar-refractivity contribution in [2.75, 3.05) is 11.7 Å². The second-order valence-electron chi connectivity index (χ2n) is 6.91. The van der Waals surface area contributed by atoms with Gasteiger partial charge in [-0.3, -0.25) is 14.5 Å². The highest BCUT2D eigenvalue weighted by Crippen LogP contribution is 2.44. The first-order valence-electron chi connectivity index (χ1n) is 8.70. The molecule has 7 nitrogen and oxygen atoms in total. The lowest BCUT2D eigenvalue weighted by atomic mass is 9.95. The van der Waals surface area contributed by atoms with Crippen LogP contribution in [0, 0.1) is 5.92 Å². The van der Waals surface area contributed by atoms with Crippen LogP contribution in [0.2, 0.25) is 0 Å². The number of Topliss-reactive ketones (excluding diaryl/α,β-unsaturated/α-hetero) is 1. The molecule has 0 bridgehead atoms. The molecule has 1 atom stereocenters. The van der Waals surface area contributed by atoms with Gasteiger partial charge in [0.2, 0.25) is 6.79 Å². The molecule has 0 saturated carbocycles. The molecule has 0 aliphatic carbocycles. The van der Waals surface area contributed by atoms with Gasteiger partial charge in [0.25, 0.3) is 5.91 Å². The number of furan rings is 1. The van der Waals surface area contributed by atoms with E-state index in [2.05, 4.69) is 0 Å². The molecule has 27 heavy (non-hydrogen) atoms. The molecule has 0 fully saturated rings. The Kier molecular flexibility index (Phi) is 4.14. The average Bonchev–Trinajstić information content (AvgIpc) is 3.34. The summed E-state index contributed by atoms with van der Waals surface area (Å²) in [7, 11) is 0. The maximum atomic E-state index is 12.9. The van der Waals surface area contributed by atoms with Crippen molar-refractivity contribution >= 4 is 17.4 Å². The molecule has 140 valence electrons. The predicted octanol–water partition coefficient (Wildman–Crippen LogP) is 3.52. The van der Waals surface area contributed by atoms with Crippen LogP contribution in [0.3, 0.4) is 0 Å². The van der Waals surface area contributed by atoms with Crippen LogP contribution in [0.5, 0.6) is 11.5 Å². The Bertz CT molecular complexity index is 928. The number of aliphatic hydroxyl groups excluding tert-OH is 1. The fourth-order valence-electron chi connectivity index (χ4n) is 3.39. The van der Waals surface area contributed by atoms with E-state index in [1.54, 1.807) is 30.3 Å². The van der Waals surface area contributed by atoms with Crippen molar-refractivity contribution < 1.29 is 28.6 Å². The molecule has 4 rings (SSSR count). The summed E-state index contributed by atoms with van der Waals surface area (Å²) >= 11 is 0. The van der Waals surface area contributed by atoms with Gasteiger partial charge in [-0.15, -0.1) is 0 Å². The summed E-state index contributed by atoms with van der Waals surface area (Å²) in [5.74, 6) is 0.0951. The fraction of sp³-hybridized carbons (Fsp3) is 0.300. The molecule has 2 aliphatic heterocycles. The number of ether oxygens (including phenoxy) is 2. The lowest BCUT2D eigenvalue weighted by Gasteiger charge is -2.25. The van der Waals surface area contributed by atoms with E-state index in [4.69, 9.17) is 13.9 Å². The van der Waals surface area contributed by atoms with Gasteiger partial charge in [-0.2, -0.15) is 0 Å². The topological polar surface area (TPSA) is 89.2 Å². The van der Waals surface area contributed by atoms with Crippen LogP contribution in [0.4, 0.5) is 5.69 Å². The summed E-state index contributed by atoms with van der Waals surface area (Å²) in [6.07, 6.45) is 1.69. The van der Waals surface area contributed by atoms with Crippen molar-refractivity contribution in [2.24, 2.45) is 5.92 Å². The smallest absolute Gasteiger partial charge is 0.294 e. The van der Waals surface area contributed by atoms with E-state index in [1.807, 2.05) is 13.8 Å². The number of rotatable bonds is 5. The molecule has 1 aromatic carbocycles. The third kappa shape index (κ3) is 2.85. The summed E-state index contributed by atoms with van der Waals surface area (Å²) in [5, 5.41) is 10.5. The third-order valence-corrected chi connectivity index (χ3v) is 4.55. The van der Waals surface area contributed by atoms with Crippen molar-refractivity contribution in [1.29, 1.82) is 0 Å². The first-order valence-corrected chi connectivity index (χ1v) is 8.70. The minimum atomic E-state index is -0.834. The third-order valence-electron chi connectivity index (χ3n) is 4.55. The molecule has 1 amide bonds. The maximum Gasteiger partial charge on any atom is 0.294 e. The Hall–Kier alpha value is -3.22. The van der Waals surface area contributed by atoms with Crippen molar-refractivity contribution in [3.63, 3.8) is 0 Å². The monoisotopic (exact) mass is 369 g/mol. The van der Waals surface area contributed by atoms with Crippen molar-refractivity contribution in [2.45, 2.75) is 26.3 Å². The van der Waals surface area contributed by atoms with Gasteiger partial charge < -0.3 is 19.0 Å². The number of amides is 1. The molecule has 1 aromatic heterocycles. The lowest BCUT2D eigenvalue weighted by molar-refractivity contribution is -0.118. The molecule has 2 aliphatic rings. The number of hydrogen-bond donors (Lipinski definition) is 1. The highest BCUT2D eigenvalue weighted by molar-refractivity contribution is 6.16. The number of anilines is 1. The van der Waals surface area contributed by atoms with Crippen LogP contribution in [0.1, 0.15) is 32.1 Å². The SMILES string of the molecule is CC(C)CC(=O)C1=C(O)C(=O)N(c2ccc3c(c2)OCO3)C1c1ccco1. The van der Waals surface area contributed by atoms with E-state index >= 15 is 0 Å². The molecule has 7 heteroatoms. The number of nitrogens with zero attached hydrogens (tertiary/aromatic N) is 1. The summed E-state index contributed by atoms with van der Waals surface area (Å²) in [4.78, 5) is 27.0. The van der Waals surface area contributed by atoms with Gasteiger partial charge in [0, 0.05) is 18.2 Å². The molecule has 0 radical (unpaired) electrons. The molecule has 0 saturated heterocycles. The van der Waals surface area contributed by atoms with E-state index in [9.17, 15) is 14.7 Å². The highest BCUT2D eigenvalue weighted by atomic mass is 16.7. The Morgan fingerprint density at radius 2 is 2.04 bits per heavy atom. The largest absolute Gasteiger partial charge is 0.503 e. The van der Waals surface area contributed by atoms with Crippen LogP contribution in [0.25, 0.3) is 0 Å². The first-order chi connectivity index (χ1) is 13.0. The van der Waals surface area contributed by atoms with Crippen molar-refractivity contribution in [1.82, 2.24) is 0 Å². The van der Waals surface area contributed by atoms with Crippen molar-refractivity contribution in [3.05, 3.63) is 53.7 Å². The molecule has 1 N–H and O–H groups in total. The number of hydrogen-bond acceptors (Lipinski definition) is 6. The van der Waals surface area contributed by atoms with Crippen molar-refractivity contribution in [3.8, 4) is 11.5 Å². The van der Waals surface area contributed by atoms with E-state index in [0.29, 0.717) is 22.9 Å². The Labute approximate surface area is 155 Å². The van der Waals surface area contributed by atoms with E-state index in [0.717, 1.165) is 0 Å². The maximum absolute atomic E-state index is 12.9. The zero-order valence-electron chi connectivity index (χ0n) is 15.0. The summed E-state index contributed by atoms with van der Waals surface area (Å²) in [6.45, 7) is 3.92. The van der Waals surface area contributed by atoms with Crippen LogP contribution >= 0.6 is 0 Å². The van der Waals surface area contributed by atoms with Gasteiger partial charge in [-0.05, 0) is 30.2 Å². The molecular formula is C20H19NO6. The van der Waals surface area contributed by atoms with Crippen LogP contribution in [-0.4, -0.2) is 23.6 Å². The number of aliphatic hydroxyl groups is 1. The van der Waals surface area contributed by atoms with Crippen LogP contribution < -0.4 is 14.4 Å². The van der Waals surface area contributed by atoms with E-state index in [1.165, 1.54) is 11.2 Å². The molecule has 3 heterocycles. The minimum Gasteiger partial charge on any atom is -0.503 e. The molecule has 2 aromatic rings. The summed E-state index contributed by atoms with van der Waals surface area (Å²) in [5.41, 5.74) is 0.533. The fourth-order valence-corrected chi connectivity index (χ4v) is 3.39. The second-order valence-corrected chi connectivity index (χ2v) is 6.91. The number of carbonyl (C=O) groups excluding carboxylic acids is 2. The average molecular weight is 369 g/mol. The molecular weight excluding hydrogens is 350 g/mol. The van der Waals surface area contributed by atoms with Gasteiger partial charge >= 0.3 is 0 Å². The standard InChI is InChI=1S/C20H19NO6/c1-11(2)8-13(22)17-18(15-4-3-7-25-15)21(20(24)19(17)23)12-5-6-14-16(9-12)27-10-26-14/h3-7,9,11,18,23H,8,10H2,1-2H3. The first kappa shape index (κ1) is 17.2. The Balaban J connectivity index is 1.80. The highest BCUT2D eigenvalue weighted by Gasteiger charge is 2.45. The lowest BCUT2D eigenvalue weighted by Crippen LogP contribution is -2.30. The second kappa shape index (κ2) is 6.50. The van der Waals surface area contributed by atoms with E-state index < -0.39 is 17.7 Å². The van der Waals surface area contributed by atoms with Gasteiger partial charge in [0.15, 0.2) is 23.0 Å². The number of carbonyl (C=O) groups is 2. The van der Waals surface area contributed by atoms with Crippen LogP contribution in [0.15, 0.2) is 52.3 Å². The summed E-state index contributed by atoms with van der Waals surface area (Å²) < 4.78 is 16.2. The number of benzene rings is 1. The van der Waals surface area contributed by atoms with Gasteiger partial charge in [0.1, 0.15) is 11.8 Å². The zero-order valence-corrected chi connectivity index (χ0v) is 15.0. The van der Waals surface area contributed by atoms with Crippen LogP contribution in [-0.2, 0) is 9.59 Å². The summed E-state index contributed by atoms with van der Waals surface area (Å²) in [6, 6.07) is 7.55. The Morgan fingerprint density at radius 1 is 1.26 bits per heavy atom. The number of ketones is 1. The van der Waals surface area contributed by atoms with Gasteiger partial charge in [0.05, 0.1) is 11.8 Å². The quantitative estimate of drug-likeness (QED) is 0.867. The Morgan fingerprint density at radius 3 is 2.74 bits per heavy atom. The van der Waals surface area contributed by atoms with Gasteiger partial charge in [-0.1, -0.05) is 13.8 Å². The zero-order chi connectivity index (χ0) is 19.1.